The average molecular weight is 284 g/mol. The van der Waals surface area contributed by atoms with Crippen LogP contribution in [0.5, 0.6) is 0 Å². The van der Waals surface area contributed by atoms with Crippen LogP contribution in [-0.4, -0.2) is 16.3 Å². The zero-order chi connectivity index (χ0) is 14.2. The summed E-state index contributed by atoms with van der Waals surface area (Å²) in [5.41, 5.74) is 3.21. The summed E-state index contributed by atoms with van der Waals surface area (Å²) in [6, 6.07) is 8.22. The monoisotopic (exact) mass is 284 g/mol. The first-order valence-corrected chi connectivity index (χ1v) is 7.45. The maximum atomic E-state index is 12.2. The molecule has 0 unspecified atom stereocenters. The molecule has 0 saturated carbocycles. The fourth-order valence-electron chi connectivity index (χ4n) is 2.54. The number of aromatic nitrogens is 1. The SMILES string of the molecule is CC1(C)Cc2ccccc2/C(=C/C(=O)c2nccs2)N1. The van der Waals surface area contributed by atoms with E-state index in [4.69, 9.17) is 0 Å². The normalized spacial score (nSPS) is 18.4. The highest BCUT2D eigenvalue weighted by Gasteiger charge is 2.27. The van der Waals surface area contributed by atoms with Crippen LogP contribution < -0.4 is 5.32 Å². The van der Waals surface area contributed by atoms with Crippen molar-refractivity contribution in [3.63, 3.8) is 0 Å². The smallest absolute Gasteiger partial charge is 0.216 e. The van der Waals surface area contributed by atoms with Crippen molar-refractivity contribution in [3.05, 3.63) is 58.1 Å². The minimum atomic E-state index is -0.0522. The lowest BCUT2D eigenvalue weighted by molar-refractivity contribution is 0.104. The molecule has 1 aliphatic heterocycles. The molecule has 4 heteroatoms. The summed E-state index contributed by atoms with van der Waals surface area (Å²) in [6.07, 6.45) is 4.27. The maximum absolute atomic E-state index is 12.2. The Morgan fingerprint density at radius 2 is 2.20 bits per heavy atom. The highest BCUT2D eigenvalue weighted by molar-refractivity contribution is 7.11. The molecule has 2 aromatic rings. The topological polar surface area (TPSA) is 42.0 Å². The minimum absolute atomic E-state index is 0.0463. The molecule has 20 heavy (non-hydrogen) atoms. The van der Waals surface area contributed by atoms with Gasteiger partial charge in [0.15, 0.2) is 5.01 Å². The van der Waals surface area contributed by atoms with Gasteiger partial charge in [-0.15, -0.1) is 11.3 Å². The summed E-state index contributed by atoms with van der Waals surface area (Å²) in [7, 11) is 0. The van der Waals surface area contributed by atoms with Crippen LogP contribution in [0.15, 0.2) is 41.9 Å². The van der Waals surface area contributed by atoms with E-state index in [0.29, 0.717) is 5.01 Å². The van der Waals surface area contributed by atoms with Crippen LogP contribution >= 0.6 is 11.3 Å². The number of nitrogens with zero attached hydrogens (tertiary/aromatic N) is 1. The molecule has 3 rings (SSSR count). The lowest BCUT2D eigenvalue weighted by Gasteiger charge is -2.35. The Balaban J connectivity index is 2.02. The molecule has 0 amide bonds. The van der Waals surface area contributed by atoms with Crippen LogP contribution in [0.1, 0.15) is 34.8 Å². The Labute approximate surface area is 122 Å². The van der Waals surface area contributed by atoms with Gasteiger partial charge in [-0.3, -0.25) is 4.79 Å². The Morgan fingerprint density at radius 3 is 2.95 bits per heavy atom. The van der Waals surface area contributed by atoms with Gasteiger partial charge < -0.3 is 5.32 Å². The van der Waals surface area contributed by atoms with E-state index in [1.807, 2.05) is 17.5 Å². The molecule has 102 valence electrons. The van der Waals surface area contributed by atoms with Gasteiger partial charge in [0.05, 0.1) is 0 Å². The summed E-state index contributed by atoms with van der Waals surface area (Å²) < 4.78 is 0. The third-order valence-corrected chi connectivity index (χ3v) is 4.12. The molecule has 0 fully saturated rings. The summed E-state index contributed by atoms with van der Waals surface area (Å²) in [5.74, 6) is -0.0463. The van der Waals surface area contributed by atoms with Crippen molar-refractivity contribution in [3.8, 4) is 0 Å². The Morgan fingerprint density at radius 1 is 1.40 bits per heavy atom. The van der Waals surface area contributed by atoms with E-state index >= 15 is 0 Å². The van der Waals surface area contributed by atoms with E-state index in [1.165, 1.54) is 16.9 Å². The van der Waals surface area contributed by atoms with Gasteiger partial charge in [0.2, 0.25) is 5.78 Å². The molecule has 3 nitrogen and oxygen atoms in total. The molecule has 0 saturated heterocycles. The highest BCUT2D eigenvalue weighted by atomic mass is 32.1. The maximum Gasteiger partial charge on any atom is 0.216 e. The van der Waals surface area contributed by atoms with E-state index in [2.05, 4.69) is 36.3 Å². The van der Waals surface area contributed by atoms with Gasteiger partial charge in [0, 0.05) is 34.5 Å². The molecule has 1 aliphatic rings. The molecule has 0 radical (unpaired) electrons. The molecule has 0 atom stereocenters. The number of rotatable bonds is 2. The summed E-state index contributed by atoms with van der Waals surface area (Å²) >= 11 is 1.37. The second-order valence-electron chi connectivity index (χ2n) is 5.60. The largest absolute Gasteiger partial charge is 0.379 e. The zero-order valence-corrected chi connectivity index (χ0v) is 12.3. The van der Waals surface area contributed by atoms with Crippen molar-refractivity contribution in [2.24, 2.45) is 0 Å². The molecule has 2 heterocycles. The second kappa shape index (κ2) is 4.87. The molecule has 1 aromatic carbocycles. The van der Waals surface area contributed by atoms with Crippen molar-refractivity contribution in [2.45, 2.75) is 25.8 Å². The number of hydrogen-bond donors (Lipinski definition) is 1. The minimum Gasteiger partial charge on any atom is -0.379 e. The number of nitrogens with one attached hydrogen (secondary N) is 1. The third kappa shape index (κ3) is 2.51. The number of carbonyl (C=O) groups is 1. The summed E-state index contributed by atoms with van der Waals surface area (Å²) in [6.45, 7) is 4.29. The van der Waals surface area contributed by atoms with Crippen molar-refractivity contribution >= 4 is 22.8 Å². The molecule has 1 N–H and O–H groups in total. The first kappa shape index (κ1) is 13.1. The van der Waals surface area contributed by atoms with Crippen LogP contribution in [0, 0.1) is 0 Å². The summed E-state index contributed by atoms with van der Waals surface area (Å²) in [4.78, 5) is 16.3. The summed E-state index contributed by atoms with van der Waals surface area (Å²) in [5, 5.41) is 5.80. The number of fused-ring (bicyclic) bond motifs is 1. The van der Waals surface area contributed by atoms with Gasteiger partial charge in [-0.05, 0) is 25.8 Å². The van der Waals surface area contributed by atoms with E-state index in [0.717, 1.165) is 17.7 Å². The fraction of sp³-hybridized carbons (Fsp3) is 0.250. The number of benzene rings is 1. The third-order valence-electron chi connectivity index (χ3n) is 3.33. The van der Waals surface area contributed by atoms with E-state index in [-0.39, 0.29) is 11.3 Å². The lowest BCUT2D eigenvalue weighted by atomic mass is 9.85. The molecular formula is C16H16N2OS. The van der Waals surface area contributed by atoms with Gasteiger partial charge in [-0.25, -0.2) is 4.98 Å². The average Bonchev–Trinajstić information content (AvgIpc) is 2.91. The zero-order valence-electron chi connectivity index (χ0n) is 11.5. The van der Waals surface area contributed by atoms with Crippen molar-refractivity contribution in [1.82, 2.24) is 10.3 Å². The predicted octanol–water partition coefficient (Wildman–Crippen LogP) is 3.29. The first-order valence-electron chi connectivity index (χ1n) is 6.57. The molecule has 0 spiro atoms. The number of thiazole rings is 1. The van der Waals surface area contributed by atoms with Crippen molar-refractivity contribution in [2.75, 3.05) is 0 Å². The van der Waals surface area contributed by atoms with Gasteiger partial charge in [0.25, 0.3) is 0 Å². The lowest BCUT2D eigenvalue weighted by Crippen LogP contribution is -2.43. The fourth-order valence-corrected chi connectivity index (χ4v) is 3.09. The van der Waals surface area contributed by atoms with Crippen LogP contribution in [0.4, 0.5) is 0 Å². The second-order valence-corrected chi connectivity index (χ2v) is 6.50. The molecule has 0 bridgehead atoms. The number of hydrogen-bond acceptors (Lipinski definition) is 4. The van der Waals surface area contributed by atoms with Crippen molar-refractivity contribution < 1.29 is 4.79 Å². The van der Waals surface area contributed by atoms with E-state index in [1.54, 1.807) is 12.3 Å². The standard InChI is InChI=1S/C16H16N2OS/c1-16(2)10-11-5-3-4-6-12(11)13(18-16)9-14(19)15-17-7-8-20-15/h3-9,18H,10H2,1-2H3/b13-9-. The van der Waals surface area contributed by atoms with Crippen LogP contribution in [0.25, 0.3) is 5.70 Å². The van der Waals surface area contributed by atoms with Crippen LogP contribution in [-0.2, 0) is 6.42 Å². The van der Waals surface area contributed by atoms with Gasteiger partial charge >= 0.3 is 0 Å². The molecule has 0 aliphatic carbocycles. The predicted molar refractivity (Wildman–Crippen MR) is 81.8 cm³/mol. The van der Waals surface area contributed by atoms with Gasteiger partial charge in [-0.2, -0.15) is 0 Å². The highest BCUT2D eigenvalue weighted by Crippen LogP contribution is 2.29. The van der Waals surface area contributed by atoms with E-state index < -0.39 is 0 Å². The van der Waals surface area contributed by atoms with Gasteiger partial charge in [-0.1, -0.05) is 24.3 Å². The van der Waals surface area contributed by atoms with Crippen LogP contribution in [0.3, 0.4) is 0 Å². The Kier molecular flexibility index (Phi) is 3.18. The number of carbonyl (C=O) groups excluding carboxylic acids is 1. The Bertz CT molecular complexity index is 672. The van der Waals surface area contributed by atoms with Crippen LogP contribution in [0.2, 0.25) is 0 Å². The Hall–Kier alpha value is -1.94. The quantitative estimate of drug-likeness (QED) is 0.679. The van der Waals surface area contributed by atoms with Gasteiger partial charge in [0.1, 0.15) is 0 Å². The molecule has 1 aromatic heterocycles. The molecular weight excluding hydrogens is 268 g/mol. The number of ketones is 1. The van der Waals surface area contributed by atoms with E-state index in [9.17, 15) is 4.79 Å². The van der Waals surface area contributed by atoms with Crippen molar-refractivity contribution in [1.29, 1.82) is 0 Å². The first-order chi connectivity index (χ1) is 9.55. The number of allylic oxidation sites excluding steroid dienone is 1.